The summed E-state index contributed by atoms with van der Waals surface area (Å²) in [5.41, 5.74) is 0.871. The van der Waals surface area contributed by atoms with Crippen LogP contribution in [-0.2, 0) is 20.8 Å². The Labute approximate surface area is 136 Å². The van der Waals surface area contributed by atoms with Gasteiger partial charge in [-0.2, -0.15) is 0 Å². The van der Waals surface area contributed by atoms with E-state index in [-0.39, 0.29) is 18.2 Å². The van der Waals surface area contributed by atoms with Gasteiger partial charge in [-0.1, -0.05) is 36.8 Å². The maximum absolute atomic E-state index is 11.8. The molecule has 1 unspecified atom stereocenters. The molecule has 0 heterocycles. The molecule has 1 aromatic rings. The van der Waals surface area contributed by atoms with Gasteiger partial charge in [0.25, 0.3) is 0 Å². The van der Waals surface area contributed by atoms with Crippen LogP contribution in [0.25, 0.3) is 0 Å². The van der Waals surface area contributed by atoms with Crippen LogP contribution in [-0.4, -0.2) is 35.5 Å². The van der Waals surface area contributed by atoms with Crippen LogP contribution in [0.3, 0.4) is 0 Å². The van der Waals surface area contributed by atoms with E-state index in [0.717, 1.165) is 18.4 Å². The first kappa shape index (κ1) is 18.7. The highest BCUT2D eigenvalue weighted by Gasteiger charge is 2.19. The molecule has 1 atom stereocenters. The molecule has 0 radical (unpaired) electrons. The molecule has 6 nitrogen and oxygen atoms in total. The molecule has 126 valence electrons. The highest BCUT2D eigenvalue weighted by atomic mass is 16.4. The van der Waals surface area contributed by atoms with E-state index in [1.165, 1.54) is 6.92 Å². The molecular weight excluding hydrogens is 296 g/mol. The van der Waals surface area contributed by atoms with Gasteiger partial charge in [0.1, 0.15) is 6.04 Å². The summed E-state index contributed by atoms with van der Waals surface area (Å²) >= 11 is 0. The van der Waals surface area contributed by atoms with Crippen molar-refractivity contribution >= 4 is 17.8 Å². The van der Waals surface area contributed by atoms with Crippen LogP contribution in [0, 0.1) is 0 Å². The van der Waals surface area contributed by atoms with E-state index in [1.807, 2.05) is 30.3 Å². The summed E-state index contributed by atoms with van der Waals surface area (Å²) in [7, 11) is 0. The lowest BCUT2D eigenvalue weighted by Crippen LogP contribution is -2.42. The molecule has 0 bridgehead atoms. The molecule has 23 heavy (non-hydrogen) atoms. The van der Waals surface area contributed by atoms with Gasteiger partial charge < -0.3 is 15.7 Å². The van der Waals surface area contributed by atoms with Crippen LogP contribution in [0.5, 0.6) is 0 Å². The Morgan fingerprint density at radius 1 is 1.09 bits per heavy atom. The Morgan fingerprint density at radius 2 is 1.78 bits per heavy atom. The molecule has 6 heteroatoms. The Morgan fingerprint density at radius 3 is 2.39 bits per heavy atom. The van der Waals surface area contributed by atoms with E-state index in [4.69, 9.17) is 0 Å². The highest BCUT2D eigenvalue weighted by molar-refractivity contribution is 5.83. The number of carboxylic acid groups (broad SMARTS) is 1. The maximum Gasteiger partial charge on any atom is 0.326 e. The van der Waals surface area contributed by atoms with E-state index in [9.17, 15) is 19.5 Å². The lowest BCUT2D eigenvalue weighted by atomic mass is 10.1. The summed E-state index contributed by atoms with van der Waals surface area (Å²) in [5, 5.41) is 14.5. The number of hydrogen-bond donors (Lipinski definition) is 3. The molecule has 0 aliphatic carbocycles. The van der Waals surface area contributed by atoms with Crippen molar-refractivity contribution in [3.8, 4) is 0 Å². The fraction of sp³-hybridized carbons (Fsp3) is 0.471. The lowest BCUT2D eigenvalue weighted by Gasteiger charge is -2.14. The molecule has 0 saturated carbocycles. The third kappa shape index (κ3) is 8.60. The van der Waals surface area contributed by atoms with Crippen molar-refractivity contribution in [1.29, 1.82) is 0 Å². The molecule has 0 spiro atoms. The predicted molar refractivity (Wildman–Crippen MR) is 86.9 cm³/mol. The number of rotatable bonds is 10. The van der Waals surface area contributed by atoms with Crippen LogP contribution in [0.15, 0.2) is 30.3 Å². The number of aliphatic carboxylic acids is 1. The van der Waals surface area contributed by atoms with Crippen LogP contribution < -0.4 is 10.6 Å². The number of benzene rings is 1. The molecule has 0 aromatic heterocycles. The van der Waals surface area contributed by atoms with Crippen molar-refractivity contribution in [2.24, 2.45) is 0 Å². The summed E-state index contributed by atoms with van der Waals surface area (Å²) in [6, 6.07) is 8.30. The smallest absolute Gasteiger partial charge is 0.326 e. The van der Waals surface area contributed by atoms with Gasteiger partial charge in [0.15, 0.2) is 0 Å². The fourth-order valence-corrected chi connectivity index (χ4v) is 2.17. The van der Waals surface area contributed by atoms with E-state index < -0.39 is 12.0 Å². The second kappa shape index (κ2) is 10.4. The number of hydrogen-bond acceptors (Lipinski definition) is 3. The SMILES string of the molecule is CC(=O)NCCCCCC(=O)NC(Cc1ccccc1)C(=O)O. The standard InChI is InChI=1S/C17H24N2O4/c1-13(20)18-11-7-3-6-10-16(21)19-15(17(22)23)12-14-8-4-2-5-9-14/h2,4-5,8-9,15H,3,6-7,10-12H2,1H3,(H,18,20)(H,19,21)(H,22,23). The number of carboxylic acids is 1. The van der Waals surface area contributed by atoms with Crippen LogP contribution >= 0.6 is 0 Å². The van der Waals surface area contributed by atoms with E-state index in [0.29, 0.717) is 19.4 Å². The maximum atomic E-state index is 11.8. The zero-order chi connectivity index (χ0) is 17.1. The van der Waals surface area contributed by atoms with E-state index in [1.54, 1.807) is 0 Å². The monoisotopic (exact) mass is 320 g/mol. The van der Waals surface area contributed by atoms with E-state index >= 15 is 0 Å². The Hall–Kier alpha value is -2.37. The first-order valence-corrected chi connectivity index (χ1v) is 7.79. The van der Waals surface area contributed by atoms with Gasteiger partial charge in [-0.05, 0) is 18.4 Å². The summed E-state index contributed by atoms with van der Waals surface area (Å²) in [6.45, 7) is 2.06. The third-order valence-corrected chi connectivity index (χ3v) is 3.37. The van der Waals surface area contributed by atoms with Crippen molar-refractivity contribution in [3.63, 3.8) is 0 Å². The number of amides is 2. The molecular formula is C17H24N2O4. The Balaban J connectivity index is 2.29. The molecule has 3 N–H and O–H groups in total. The zero-order valence-electron chi connectivity index (χ0n) is 13.4. The summed E-state index contributed by atoms with van der Waals surface area (Å²) in [4.78, 5) is 33.8. The minimum absolute atomic E-state index is 0.0621. The van der Waals surface area contributed by atoms with Gasteiger partial charge in [-0.3, -0.25) is 9.59 Å². The molecule has 0 aliphatic heterocycles. The second-order valence-corrected chi connectivity index (χ2v) is 5.44. The van der Waals surface area contributed by atoms with Crippen LogP contribution in [0.2, 0.25) is 0 Å². The molecule has 0 fully saturated rings. The zero-order valence-corrected chi connectivity index (χ0v) is 13.4. The largest absolute Gasteiger partial charge is 0.480 e. The van der Waals surface area contributed by atoms with Crippen molar-refractivity contribution in [1.82, 2.24) is 10.6 Å². The third-order valence-electron chi connectivity index (χ3n) is 3.37. The summed E-state index contributed by atoms with van der Waals surface area (Å²) in [5.74, 6) is -1.35. The summed E-state index contributed by atoms with van der Waals surface area (Å²) < 4.78 is 0. The average molecular weight is 320 g/mol. The van der Waals surface area contributed by atoms with Gasteiger partial charge in [0.2, 0.25) is 11.8 Å². The molecule has 0 saturated heterocycles. The predicted octanol–water partition coefficient (Wildman–Crippen LogP) is 1.49. The minimum Gasteiger partial charge on any atom is -0.480 e. The average Bonchev–Trinajstić information content (AvgIpc) is 2.50. The Bertz CT molecular complexity index is 517. The summed E-state index contributed by atoms with van der Waals surface area (Å²) in [6.07, 6.45) is 2.84. The van der Waals surface area contributed by atoms with Gasteiger partial charge in [-0.25, -0.2) is 4.79 Å². The normalized spacial score (nSPS) is 11.5. The first-order valence-electron chi connectivity index (χ1n) is 7.79. The van der Waals surface area contributed by atoms with Gasteiger partial charge in [-0.15, -0.1) is 0 Å². The lowest BCUT2D eigenvalue weighted by molar-refractivity contribution is -0.141. The molecule has 1 rings (SSSR count). The van der Waals surface area contributed by atoms with Crippen molar-refractivity contribution in [2.45, 2.75) is 45.1 Å². The first-order chi connectivity index (χ1) is 11.0. The van der Waals surface area contributed by atoms with Gasteiger partial charge in [0, 0.05) is 26.3 Å². The Kier molecular flexibility index (Phi) is 8.42. The van der Waals surface area contributed by atoms with Crippen molar-refractivity contribution in [3.05, 3.63) is 35.9 Å². The highest BCUT2D eigenvalue weighted by Crippen LogP contribution is 2.05. The van der Waals surface area contributed by atoms with E-state index in [2.05, 4.69) is 10.6 Å². The molecule has 2 amide bonds. The molecule has 0 aliphatic rings. The van der Waals surface area contributed by atoms with Gasteiger partial charge >= 0.3 is 5.97 Å². The topological polar surface area (TPSA) is 95.5 Å². The number of carbonyl (C=O) groups is 3. The second-order valence-electron chi connectivity index (χ2n) is 5.44. The number of carbonyl (C=O) groups excluding carboxylic acids is 2. The molecule has 1 aromatic carbocycles. The quantitative estimate of drug-likeness (QED) is 0.569. The minimum atomic E-state index is -1.03. The fourth-order valence-electron chi connectivity index (χ4n) is 2.17. The van der Waals surface area contributed by atoms with Crippen LogP contribution in [0.4, 0.5) is 0 Å². The number of nitrogens with one attached hydrogen (secondary N) is 2. The van der Waals surface area contributed by atoms with Gasteiger partial charge in [0.05, 0.1) is 0 Å². The van der Waals surface area contributed by atoms with Crippen molar-refractivity contribution in [2.75, 3.05) is 6.54 Å². The van der Waals surface area contributed by atoms with Crippen molar-refractivity contribution < 1.29 is 19.5 Å². The van der Waals surface area contributed by atoms with Crippen LogP contribution in [0.1, 0.15) is 38.2 Å². The number of unbranched alkanes of at least 4 members (excludes halogenated alkanes) is 2.